The maximum atomic E-state index is 12.8. The lowest BCUT2D eigenvalue weighted by atomic mass is 10.1. The maximum absolute atomic E-state index is 12.8. The first kappa shape index (κ1) is 22.0. The molecule has 0 unspecified atom stereocenters. The standard InChI is InChI=1S/C23H24N4O4/c1-17(28)19-7-8-21-20(13-19)27(23(30)16-31-21)12-3-6-22(29)26(11-4-9-24)15-18-5-2-10-25-14-18/h2,5,7-8,10,13-14H,3-4,6,11-12,15-16H2,1H3. The average Bonchev–Trinajstić information content (AvgIpc) is 2.78. The number of rotatable bonds is 9. The zero-order chi connectivity index (χ0) is 22.2. The first-order valence-electron chi connectivity index (χ1n) is 10.1. The van der Waals surface area contributed by atoms with Crippen LogP contribution in [0, 0.1) is 11.3 Å². The van der Waals surface area contributed by atoms with Crippen LogP contribution in [0.25, 0.3) is 0 Å². The van der Waals surface area contributed by atoms with Gasteiger partial charge in [-0.05, 0) is 43.2 Å². The number of amides is 2. The molecule has 1 aromatic carbocycles. The summed E-state index contributed by atoms with van der Waals surface area (Å²) in [4.78, 5) is 44.2. The van der Waals surface area contributed by atoms with Gasteiger partial charge < -0.3 is 14.5 Å². The first-order chi connectivity index (χ1) is 15.0. The van der Waals surface area contributed by atoms with Crippen LogP contribution in [0.3, 0.4) is 0 Å². The average molecular weight is 420 g/mol. The van der Waals surface area contributed by atoms with Crippen molar-refractivity contribution in [3.8, 4) is 11.8 Å². The van der Waals surface area contributed by atoms with Crippen LogP contribution in [-0.4, -0.2) is 47.2 Å². The molecule has 160 valence electrons. The number of ether oxygens (including phenoxy) is 1. The number of pyridine rings is 1. The molecule has 0 saturated carbocycles. The van der Waals surface area contributed by atoms with Crippen molar-refractivity contribution in [2.75, 3.05) is 24.6 Å². The summed E-state index contributed by atoms with van der Waals surface area (Å²) in [5, 5.41) is 8.91. The molecule has 0 fully saturated rings. The van der Waals surface area contributed by atoms with E-state index in [1.54, 1.807) is 46.5 Å². The molecule has 1 aliphatic heterocycles. The Kier molecular flexibility index (Phi) is 7.33. The number of fused-ring (bicyclic) bond motifs is 1. The number of hydrogen-bond donors (Lipinski definition) is 0. The number of benzene rings is 1. The molecule has 0 saturated heterocycles. The molecule has 3 rings (SSSR count). The maximum Gasteiger partial charge on any atom is 0.265 e. The topological polar surface area (TPSA) is 104 Å². The van der Waals surface area contributed by atoms with Gasteiger partial charge in [0.15, 0.2) is 12.4 Å². The van der Waals surface area contributed by atoms with Crippen LogP contribution >= 0.6 is 0 Å². The Morgan fingerprint density at radius 1 is 1.32 bits per heavy atom. The second-order valence-corrected chi connectivity index (χ2v) is 7.26. The third kappa shape index (κ3) is 5.66. The number of anilines is 1. The third-order valence-corrected chi connectivity index (χ3v) is 5.02. The van der Waals surface area contributed by atoms with Crippen molar-refractivity contribution in [1.82, 2.24) is 9.88 Å². The number of Topliss-reactive ketones (excluding diaryl/α,β-unsaturated/α-hetero) is 1. The molecule has 8 nitrogen and oxygen atoms in total. The van der Waals surface area contributed by atoms with Crippen molar-refractivity contribution in [1.29, 1.82) is 5.26 Å². The number of nitrogens with zero attached hydrogens (tertiary/aromatic N) is 4. The summed E-state index contributed by atoms with van der Waals surface area (Å²) in [6.45, 7) is 2.45. The zero-order valence-corrected chi connectivity index (χ0v) is 17.4. The fourth-order valence-corrected chi connectivity index (χ4v) is 3.40. The molecule has 8 heteroatoms. The zero-order valence-electron chi connectivity index (χ0n) is 17.4. The van der Waals surface area contributed by atoms with E-state index in [0.29, 0.717) is 43.1 Å². The summed E-state index contributed by atoms with van der Waals surface area (Å²) in [5.74, 6) is 0.150. The molecule has 0 radical (unpaired) electrons. The number of hydrogen-bond acceptors (Lipinski definition) is 6. The van der Waals surface area contributed by atoms with Crippen molar-refractivity contribution in [3.05, 3.63) is 53.9 Å². The van der Waals surface area contributed by atoms with E-state index in [2.05, 4.69) is 11.1 Å². The molecule has 0 bridgehead atoms. The number of carbonyl (C=O) groups excluding carboxylic acids is 3. The summed E-state index contributed by atoms with van der Waals surface area (Å²) < 4.78 is 5.46. The van der Waals surface area contributed by atoms with Gasteiger partial charge in [-0.25, -0.2) is 0 Å². The smallest absolute Gasteiger partial charge is 0.265 e. The van der Waals surface area contributed by atoms with Gasteiger partial charge in [0.05, 0.1) is 18.2 Å². The van der Waals surface area contributed by atoms with Crippen molar-refractivity contribution >= 4 is 23.3 Å². The minimum atomic E-state index is -0.211. The Balaban J connectivity index is 1.64. The highest BCUT2D eigenvalue weighted by Gasteiger charge is 2.26. The van der Waals surface area contributed by atoms with Crippen molar-refractivity contribution in [3.63, 3.8) is 0 Å². The third-order valence-electron chi connectivity index (χ3n) is 5.02. The normalized spacial score (nSPS) is 12.5. The van der Waals surface area contributed by atoms with E-state index >= 15 is 0 Å². The molecule has 31 heavy (non-hydrogen) atoms. The van der Waals surface area contributed by atoms with Gasteiger partial charge in [-0.1, -0.05) is 6.07 Å². The van der Waals surface area contributed by atoms with E-state index in [4.69, 9.17) is 10.00 Å². The van der Waals surface area contributed by atoms with Gasteiger partial charge in [-0.2, -0.15) is 5.26 Å². The number of aromatic nitrogens is 1. The molecular weight excluding hydrogens is 396 g/mol. The largest absolute Gasteiger partial charge is 0.482 e. The summed E-state index contributed by atoms with van der Waals surface area (Å²) >= 11 is 0. The monoisotopic (exact) mass is 420 g/mol. The predicted octanol–water partition coefficient (Wildman–Crippen LogP) is 2.73. The minimum Gasteiger partial charge on any atom is -0.482 e. The van der Waals surface area contributed by atoms with Crippen molar-refractivity contribution < 1.29 is 19.1 Å². The summed E-state index contributed by atoms with van der Waals surface area (Å²) in [6, 6.07) is 10.8. The van der Waals surface area contributed by atoms with E-state index in [9.17, 15) is 14.4 Å². The quantitative estimate of drug-likeness (QED) is 0.578. The molecule has 1 aromatic heterocycles. The second kappa shape index (κ2) is 10.3. The molecule has 0 spiro atoms. The van der Waals surface area contributed by atoms with Crippen LogP contribution < -0.4 is 9.64 Å². The summed E-state index contributed by atoms with van der Waals surface area (Å²) in [7, 11) is 0. The summed E-state index contributed by atoms with van der Waals surface area (Å²) in [6.07, 6.45) is 4.29. The Hall–Kier alpha value is -3.73. The molecule has 0 aliphatic carbocycles. The number of ketones is 1. The molecule has 2 aromatic rings. The van der Waals surface area contributed by atoms with Gasteiger partial charge in [0, 0.05) is 44.0 Å². The van der Waals surface area contributed by atoms with Crippen molar-refractivity contribution in [2.45, 2.75) is 32.7 Å². The Morgan fingerprint density at radius 3 is 2.87 bits per heavy atom. The van der Waals surface area contributed by atoms with Crippen LogP contribution in [-0.2, 0) is 16.1 Å². The summed E-state index contributed by atoms with van der Waals surface area (Å²) in [5.41, 5.74) is 1.94. The number of carbonyl (C=O) groups is 3. The van der Waals surface area contributed by atoms with Crippen molar-refractivity contribution in [2.24, 2.45) is 0 Å². The molecule has 2 heterocycles. The first-order valence-corrected chi connectivity index (χ1v) is 10.1. The SMILES string of the molecule is CC(=O)c1ccc2c(c1)N(CCCC(=O)N(CCC#N)Cc1cccnc1)C(=O)CO2. The second-order valence-electron chi connectivity index (χ2n) is 7.26. The Labute approximate surface area is 181 Å². The van der Waals surface area contributed by atoms with Crippen LogP contribution in [0.1, 0.15) is 42.1 Å². The van der Waals surface area contributed by atoms with Gasteiger partial charge in [0.2, 0.25) is 5.91 Å². The lowest BCUT2D eigenvalue weighted by Crippen LogP contribution is -2.40. The molecule has 2 amide bonds. The Bertz CT molecular complexity index is 1000. The fraction of sp³-hybridized carbons (Fsp3) is 0.348. The lowest BCUT2D eigenvalue weighted by Gasteiger charge is -2.30. The van der Waals surface area contributed by atoms with Crippen LogP contribution in [0.4, 0.5) is 5.69 Å². The van der Waals surface area contributed by atoms with Gasteiger partial charge in [-0.3, -0.25) is 19.4 Å². The van der Waals surface area contributed by atoms with E-state index in [1.807, 2.05) is 6.07 Å². The Morgan fingerprint density at radius 2 is 2.16 bits per heavy atom. The predicted molar refractivity (Wildman–Crippen MR) is 113 cm³/mol. The fourth-order valence-electron chi connectivity index (χ4n) is 3.40. The van der Waals surface area contributed by atoms with Crippen LogP contribution in [0.15, 0.2) is 42.7 Å². The van der Waals surface area contributed by atoms with Gasteiger partial charge in [0.25, 0.3) is 5.91 Å². The molecule has 1 aliphatic rings. The van der Waals surface area contributed by atoms with Gasteiger partial charge in [0.1, 0.15) is 5.75 Å². The van der Waals surface area contributed by atoms with Gasteiger partial charge in [-0.15, -0.1) is 0 Å². The van der Waals surface area contributed by atoms with Gasteiger partial charge >= 0.3 is 0 Å². The number of nitriles is 1. The van der Waals surface area contributed by atoms with E-state index in [-0.39, 0.29) is 37.0 Å². The highest BCUT2D eigenvalue weighted by atomic mass is 16.5. The van der Waals surface area contributed by atoms with Crippen LogP contribution in [0.5, 0.6) is 5.75 Å². The van der Waals surface area contributed by atoms with E-state index in [1.165, 1.54) is 6.92 Å². The molecular formula is C23H24N4O4. The lowest BCUT2D eigenvalue weighted by molar-refractivity contribution is -0.132. The minimum absolute atomic E-state index is 0.0737. The highest BCUT2D eigenvalue weighted by molar-refractivity contribution is 6.01. The highest BCUT2D eigenvalue weighted by Crippen LogP contribution is 2.33. The van der Waals surface area contributed by atoms with E-state index < -0.39 is 0 Å². The molecule has 0 N–H and O–H groups in total. The van der Waals surface area contributed by atoms with E-state index in [0.717, 1.165) is 5.56 Å². The van der Waals surface area contributed by atoms with Crippen LogP contribution in [0.2, 0.25) is 0 Å². The molecule has 0 atom stereocenters.